The predicted octanol–water partition coefficient (Wildman–Crippen LogP) is 0.269. The van der Waals surface area contributed by atoms with E-state index in [-0.39, 0.29) is 23.2 Å². The molecule has 0 saturated carbocycles. The average Bonchev–Trinajstić information content (AvgIpc) is 2.72. The van der Waals surface area contributed by atoms with Gasteiger partial charge in [0.1, 0.15) is 0 Å². The summed E-state index contributed by atoms with van der Waals surface area (Å²) in [6.07, 6.45) is 2.23. The molecule has 2 N–H and O–H groups in total. The van der Waals surface area contributed by atoms with Crippen LogP contribution in [0.1, 0.15) is 6.42 Å². The first-order valence-corrected chi connectivity index (χ1v) is 9.97. The topological polar surface area (TPSA) is 93.3 Å². The van der Waals surface area contributed by atoms with Crippen LogP contribution in [0.15, 0.2) is 27.9 Å². The molecule has 0 aliphatic rings. The van der Waals surface area contributed by atoms with E-state index >= 15 is 0 Å². The fourth-order valence-corrected chi connectivity index (χ4v) is 4.52. The molecule has 1 aromatic heterocycles. The van der Waals surface area contributed by atoms with Crippen LogP contribution in [0.3, 0.4) is 0 Å². The van der Waals surface area contributed by atoms with E-state index in [9.17, 15) is 13.2 Å². The van der Waals surface area contributed by atoms with Crippen molar-refractivity contribution in [1.29, 1.82) is 0 Å². The molecule has 0 amide bonds. The van der Waals surface area contributed by atoms with Crippen molar-refractivity contribution in [3.05, 3.63) is 28.7 Å². The zero-order chi connectivity index (χ0) is 17.2. The highest BCUT2D eigenvalue weighted by molar-refractivity contribution is 7.98. The zero-order valence-electron chi connectivity index (χ0n) is 13.3. The highest BCUT2D eigenvalue weighted by atomic mass is 32.2. The van der Waals surface area contributed by atoms with E-state index in [0.29, 0.717) is 23.2 Å². The summed E-state index contributed by atoms with van der Waals surface area (Å²) in [6, 6.07) is 4.27. The van der Waals surface area contributed by atoms with Crippen LogP contribution in [0.2, 0.25) is 0 Å². The van der Waals surface area contributed by atoms with E-state index in [2.05, 4.69) is 4.72 Å². The largest absolute Gasteiger partial charge is 0.396 e. The number of rotatable bonds is 7. The molecule has 128 valence electrons. The molecule has 1 heterocycles. The molecule has 2 aromatic rings. The predicted molar refractivity (Wildman–Crippen MR) is 92.4 cm³/mol. The number of sulfonamides is 1. The van der Waals surface area contributed by atoms with Gasteiger partial charge in [-0.25, -0.2) is 17.9 Å². The lowest BCUT2D eigenvalue weighted by Gasteiger charge is -2.17. The van der Waals surface area contributed by atoms with E-state index < -0.39 is 10.0 Å². The molecular weight excluding hydrogens is 338 g/mol. The van der Waals surface area contributed by atoms with E-state index in [1.165, 1.54) is 33.0 Å². The van der Waals surface area contributed by atoms with Crippen LogP contribution in [-0.4, -0.2) is 47.3 Å². The number of hydrogen-bond donors (Lipinski definition) is 2. The first-order valence-electron chi connectivity index (χ1n) is 7.09. The maximum atomic E-state index is 12.5. The molecule has 0 aliphatic heterocycles. The smallest absolute Gasteiger partial charge is 0.328 e. The van der Waals surface area contributed by atoms with Crippen LogP contribution in [0.4, 0.5) is 0 Å². The minimum absolute atomic E-state index is 0.0834. The van der Waals surface area contributed by atoms with Crippen LogP contribution >= 0.6 is 11.8 Å². The number of fused-ring (bicyclic) bond motifs is 1. The van der Waals surface area contributed by atoms with Gasteiger partial charge < -0.3 is 5.11 Å². The number of aromatic nitrogens is 2. The van der Waals surface area contributed by atoms with Gasteiger partial charge in [0.15, 0.2) is 0 Å². The standard InChI is InChI=1S/C14H21N3O4S2/c1-16-12-5-4-11(8-13(12)17(2)14(16)19)23(20,21)15-10(6-7-18)9-22-3/h4-5,8,10,15,18H,6-7,9H2,1-3H3/t10-/m1/s1. The van der Waals surface area contributed by atoms with E-state index in [4.69, 9.17) is 5.11 Å². The van der Waals surface area contributed by atoms with Crippen molar-refractivity contribution in [3.63, 3.8) is 0 Å². The van der Waals surface area contributed by atoms with Gasteiger partial charge in [0.05, 0.1) is 15.9 Å². The van der Waals surface area contributed by atoms with Gasteiger partial charge in [-0.1, -0.05) is 0 Å². The lowest BCUT2D eigenvalue weighted by molar-refractivity contribution is 0.276. The molecule has 9 heteroatoms. The maximum Gasteiger partial charge on any atom is 0.328 e. The number of hydrogen-bond acceptors (Lipinski definition) is 5. The highest BCUT2D eigenvalue weighted by Crippen LogP contribution is 2.18. The van der Waals surface area contributed by atoms with Crippen molar-refractivity contribution in [1.82, 2.24) is 13.9 Å². The Kier molecular flexibility index (Phi) is 5.56. The molecule has 0 radical (unpaired) electrons. The van der Waals surface area contributed by atoms with Gasteiger partial charge in [0.2, 0.25) is 10.0 Å². The monoisotopic (exact) mass is 359 g/mol. The Hall–Kier alpha value is -1.29. The van der Waals surface area contributed by atoms with Crippen molar-refractivity contribution in [3.8, 4) is 0 Å². The molecule has 0 saturated heterocycles. The Balaban J connectivity index is 2.42. The van der Waals surface area contributed by atoms with Gasteiger partial charge in [0.25, 0.3) is 0 Å². The number of nitrogens with one attached hydrogen (secondary N) is 1. The summed E-state index contributed by atoms with van der Waals surface area (Å²) in [5.74, 6) is 0.575. The van der Waals surface area contributed by atoms with Crippen LogP contribution in [0.25, 0.3) is 11.0 Å². The molecule has 0 fully saturated rings. The lowest BCUT2D eigenvalue weighted by Crippen LogP contribution is -2.37. The molecular formula is C14H21N3O4S2. The Morgan fingerprint density at radius 1 is 1.26 bits per heavy atom. The van der Waals surface area contributed by atoms with Gasteiger partial charge in [-0.3, -0.25) is 9.13 Å². The van der Waals surface area contributed by atoms with Crippen molar-refractivity contribution >= 4 is 32.8 Å². The molecule has 1 aromatic carbocycles. The summed E-state index contributed by atoms with van der Waals surface area (Å²) < 4.78 is 30.6. The fourth-order valence-electron chi connectivity index (χ4n) is 2.47. The quantitative estimate of drug-likeness (QED) is 0.740. The number of aryl methyl sites for hydroxylation is 2. The number of imidazole rings is 1. The maximum absolute atomic E-state index is 12.5. The van der Waals surface area contributed by atoms with Crippen LogP contribution in [-0.2, 0) is 24.1 Å². The Morgan fingerprint density at radius 3 is 2.52 bits per heavy atom. The highest BCUT2D eigenvalue weighted by Gasteiger charge is 2.21. The third-order valence-corrected chi connectivity index (χ3v) is 5.97. The summed E-state index contributed by atoms with van der Waals surface area (Å²) >= 11 is 1.51. The number of nitrogens with zero attached hydrogens (tertiary/aromatic N) is 2. The summed E-state index contributed by atoms with van der Waals surface area (Å²) in [6.45, 7) is -0.0834. The molecule has 0 bridgehead atoms. The summed E-state index contributed by atoms with van der Waals surface area (Å²) in [5, 5.41) is 9.06. The minimum atomic E-state index is -3.71. The van der Waals surface area contributed by atoms with Crippen molar-refractivity contribution in [2.75, 3.05) is 18.6 Å². The van der Waals surface area contributed by atoms with Crippen molar-refractivity contribution in [2.24, 2.45) is 14.1 Å². The first kappa shape index (κ1) is 18.1. The average molecular weight is 359 g/mol. The van der Waals surface area contributed by atoms with Crippen molar-refractivity contribution in [2.45, 2.75) is 17.4 Å². The Labute approximate surface area is 139 Å². The zero-order valence-corrected chi connectivity index (χ0v) is 14.9. The van der Waals surface area contributed by atoms with Gasteiger partial charge >= 0.3 is 5.69 Å². The van der Waals surface area contributed by atoms with E-state index in [0.717, 1.165) is 0 Å². The van der Waals surface area contributed by atoms with Crippen LogP contribution in [0.5, 0.6) is 0 Å². The second-order valence-electron chi connectivity index (χ2n) is 5.34. The SMILES string of the molecule is CSC[C@@H](CCO)NS(=O)(=O)c1ccc2c(c1)n(C)c(=O)n2C. The third-order valence-electron chi connectivity index (χ3n) is 3.72. The number of aliphatic hydroxyl groups excluding tert-OH is 1. The van der Waals surface area contributed by atoms with Gasteiger partial charge in [-0.2, -0.15) is 11.8 Å². The third kappa shape index (κ3) is 3.63. The number of aliphatic hydroxyl groups is 1. The summed E-state index contributed by atoms with van der Waals surface area (Å²) in [4.78, 5) is 12.0. The summed E-state index contributed by atoms with van der Waals surface area (Å²) in [5.41, 5.74) is 1.03. The molecule has 23 heavy (non-hydrogen) atoms. The second kappa shape index (κ2) is 7.08. The molecule has 0 unspecified atom stereocenters. The lowest BCUT2D eigenvalue weighted by atomic mass is 10.3. The van der Waals surface area contributed by atoms with Gasteiger partial charge in [0, 0.05) is 32.5 Å². The minimum Gasteiger partial charge on any atom is -0.396 e. The molecule has 7 nitrogen and oxygen atoms in total. The number of thioether (sulfide) groups is 1. The second-order valence-corrected chi connectivity index (χ2v) is 7.96. The fraction of sp³-hybridized carbons (Fsp3) is 0.500. The normalized spacial score (nSPS) is 13.6. The Morgan fingerprint density at radius 2 is 1.91 bits per heavy atom. The number of benzene rings is 1. The molecule has 0 aliphatic carbocycles. The van der Waals surface area contributed by atoms with Gasteiger partial charge in [-0.15, -0.1) is 0 Å². The molecule has 2 rings (SSSR count). The van der Waals surface area contributed by atoms with Crippen molar-refractivity contribution < 1.29 is 13.5 Å². The first-order chi connectivity index (χ1) is 10.8. The molecule has 0 spiro atoms. The van der Waals surface area contributed by atoms with Crippen LogP contribution < -0.4 is 10.4 Å². The Bertz CT molecular complexity index is 849. The summed E-state index contributed by atoms with van der Waals surface area (Å²) in [7, 11) is -0.461. The van der Waals surface area contributed by atoms with Crippen LogP contribution in [0, 0.1) is 0 Å². The van der Waals surface area contributed by atoms with E-state index in [1.807, 2.05) is 6.26 Å². The van der Waals surface area contributed by atoms with E-state index in [1.54, 1.807) is 20.2 Å². The van der Waals surface area contributed by atoms with Gasteiger partial charge in [-0.05, 0) is 30.9 Å². The molecule has 1 atom stereocenters.